The van der Waals surface area contributed by atoms with Crippen LogP contribution in [-0.4, -0.2) is 76.5 Å². The number of carbonyl (C=O) groups excluding carboxylic acids is 2. The summed E-state index contributed by atoms with van der Waals surface area (Å²) in [4.78, 5) is 30.8. The molecule has 7 N–H and O–H groups in total. The summed E-state index contributed by atoms with van der Waals surface area (Å²) in [6.45, 7) is 3.26. The maximum absolute atomic E-state index is 12.8. The number of nitrogens with two attached hydrogens (primary N) is 3. The molecule has 0 spiro atoms. The number of ether oxygens (including phenoxy) is 2. The van der Waals surface area contributed by atoms with E-state index in [1.807, 2.05) is 19.0 Å². The number of nitrogens with one attached hydrogen (secondary N) is 1. The van der Waals surface area contributed by atoms with Gasteiger partial charge in [0.1, 0.15) is 11.5 Å². The van der Waals surface area contributed by atoms with Gasteiger partial charge in [-0.15, -0.1) is 0 Å². The van der Waals surface area contributed by atoms with E-state index in [2.05, 4.69) is 10.3 Å². The van der Waals surface area contributed by atoms with Gasteiger partial charge in [0.2, 0.25) is 0 Å². The van der Waals surface area contributed by atoms with Crippen LogP contribution < -0.4 is 32.0 Å². The van der Waals surface area contributed by atoms with Gasteiger partial charge in [0, 0.05) is 25.7 Å². The molecule has 0 fully saturated rings. The Morgan fingerprint density at radius 1 is 1.00 bits per heavy atom. The average molecular weight is 465 g/mol. The minimum atomic E-state index is -0.667. The third kappa shape index (κ3) is 11.5. The van der Waals surface area contributed by atoms with Crippen LogP contribution in [0.25, 0.3) is 0 Å². The Morgan fingerprint density at radius 3 is 2.21 bits per heavy atom. The lowest BCUT2D eigenvalue weighted by Gasteiger charge is -2.17. The molecule has 0 aromatic heterocycles. The number of rotatable bonds is 18. The van der Waals surface area contributed by atoms with E-state index >= 15 is 0 Å². The fraction of sp³-hybridized carbons (Fsp3) is 0.609. The summed E-state index contributed by atoms with van der Waals surface area (Å²) >= 11 is 0. The quantitative estimate of drug-likeness (QED) is 0.144. The molecule has 0 radical (unpaired) electrons. The fourth-order valence-electron chi connectivity index (χ4n) is 3.00. The van der Waals surface area contributed by atoms with Crippen molar-refractivity contribution in [1.82, 2.24) is 10.2 Å². The third-order valence-electron chi connectivity index (χ3n) is 4.84. The van der Waals surface area contributed by atoms with Crippen molar-refractivity contribution in [2.75, 3.05) is 53.5 Å². The Balaban J connectivity index is 2.96. The smallest absolute Gasteiger partial charge is 0.255 e. The first-order chi connectivity index (χ1) is 15.9. The largest absolute Gasteiger partial charge is 0.493 e. The van der Waals surface area contributed by atoms with Crippen molar-refractivity contribution in [3.8, 4) is 11.5 Å². The monoisotopic (exact) mass is 464 g/mol. The van der Waals surface area contributed by atoms with Crippen LogP contribution in [0.3, 0.4) is 0 Å². The standard InChI is InChI=1S/C23H40N6O4/c1-29(2)12-11-28-23(31)19-15-18(22(26)30)20(32-14-8-4-6-10-27-17-25)16-21(19)33-13-7-3-5-9-24/h15-17H,3-14,24H2,1-2H3,(H2,25,27)(H2,26,30)(H,28,31). The molecule has 1 aromatic carbocycles. The molecule has 1 rings (SSSR count). The topological polar surface area (TPSA) is 158 Å². The van der Waals surface area contributed by atoms with Crippen LogP contribution in [0.5, 0.6) is 11.5 Å². The lowest BCUT2D eigenvalue weighted by atomic mass is 10.1. The highest BCUT2D eigenvalue weighted by atomic mass is 16.5. The van der Waals surface area contributed by atoms with E-state index in [1.165, 1.54) is 12.4 Å². The van der Waals surface area contributed by atoms with Crippen LogP contribution in [0.2, 0.25) is 0 Å². The molecule has 0 aliphatic carbocycles. The molecule has 33 heavy (non-hydrogen) atoms. The zero-order valence-electron chi connectivity index (χ0n) is 20.0. The van der Waals surface area contributed by atoms with Gasteiger partial charge in [-0.25, -0.2) is 0 Å². The lowest BCUT2D eigenvalue weighted by Crippen LogP contribution is -2.32. The molecule has 186 valence electrons. The molecule has 0 unspecified atom stereocenters. The Bertz CT molecular complexity index is 755. The predicted molar refractivity (Wildman–Crippen MR) is 131 cm³/mol. The first kappa shape index (κ1) is 28.2. The van der Waals surface area contributed by atoms with Crippen LogP contribution in [-0.2, 0) is 0 Å². The number of aliphatic imine (C=N–C) groups is 1. The molecule has 0 aliphatic rings. The van der Waals surface area contributed by atoms with Gasteiger partial charge in [0.15, 0.2) is 0 Å². The van der Waals surface area contributed by atoms with Crippen LogP contribution >= 0.6 is 0 Å². The molecule has 0 saturated carbocycles. The van der Waals surface area contributed by atoms with Crippen LogP contribution in [0.4, 0.5) is 0 Å². The highest BCUT2D eigenvalue weighted by molar-refractivity contribution is 6.02. The van der Waals surface area contributed by atoms with Crippen molar-refractivity contribution >= 4 is 18.2 Å². The maximum Gasteiger partial charge on any atom is 0.255 e. The van der Waals surface area contributed by atoms with Gasteiger partial charge in [-0.05, 0) is 65.2 Å². The predicted octanol–water partition coefficient (Wildman–Crippen LogP) is 1.12. The van der Waals surface area contributed by atoms with E-state index in [0.717, 1.165) is 38.5 Å². The normalized spacial score (nSPS) is 11.2. The second-order valence-electron chi connectivity index (χ2n) is 7.93. The number of unbranched alkanes of at least 4 members (excludes halogenated alkanes) is 4. The average Bonchev–Trinajstić information content (AvgIpc) is 2.77. The van der Waals surface area contributed by atoms with E-state index in [1.54, 1.807) is 6.07 Å². The van der Waals surface area contributed by atoms with Crippen LogP contribution in [0.1, 0.15) is 59.2 Å². The molecule has 0 aliphatic heterocycles. The van der Waals surface area contributed by atoms with Crippen LogP contribution in [0.15, 0.2) is 17.1 Å². The molecular formula is C23H40N6O4. The van der Waals surface area contributed by atoms with Crippen molar-refractivity contribution in [3.05, 3.63) is 23.3 Å². The third-order valence-corrected chi connectivity index (χ3v) is 4.84. The molecule has 2 amide bonds. The summed E-state index contributed by atoms with van der Waals surface area (Å²) in [5, 5.41) is 2.85. The van der Waals surface area contributed by atoms with Gasteiger partial charge >= 0.3 is 0 Å². The Morgan fingerprint density at radius 2 is 1.64 bits per heavy atom. The summed E-state index contributed by atoms with van der Waals surface area (Å²) < 4.78 is 11.7. The summed E-state index contributed by atoms with van der Waals surface area (Å²) in [5.41, 5.74) is 16.8. The maximum atomic E-state index is 12.8. The van der Waals surface area contributed by atoms with E-state index in [0.29, 0.717) is 50.9 Å². The lowest BCUT2D eigenvalue weighted by molar-refractivity contribution is 0.0946. The number of carbonyl (C=O) groups is 2. The minimum absolute atomic E-state index is 0.149. The number of benzene rings is 1. The second-order valence-corrected chi connectivity index (χ2v) is 7.93. The molecule has 1 aromatic rings. The van der Waals surface area contributed by atoms with Crippen molar-refractivity contribution in [1.29, 1.82) is 0 Å². The summed E-state index contributed by atoms with van der Waals surface area (Å²) in [6.07, 6.45) is 6.51. The van der Waals surface area contributed by atoms with Gasteiger partial charge in [-0.3, -0.25) is 14.6 Å². The summed E-state index contributed by atoms with van der Waals surface area (Å²) in [7, 11) is 3.84. The first-order valence-electron chi connectivity index (χ1n) is 11.5. The van der Waals surface area contributed by atoms with E-state index in [-0.39, 0.29) is 17.0 Å². The fourth-order valence-corrected chi connectivity index (χ4v) is 3.00. The van der Waals surface area contributed by atoms with Crippen molar-refractivity contribution < 1.29 is 19.1 Å². The highest BCUT2D eigenvalue weighted by Gasteiger charge is 2.20. The Hall–Kier alpha value is -2.85. The summed E-state index contributed by atoms with van der Waals surface area (Å²) in [5.74, 6) is -0.325. The number of hydrogen-bond acceptors (Lipinski definition) is 7. The van der Waals surface area contributed by atoms with Gasteiger partial charge in [0.25, 0.3) is 11.8 Å². The minimum Gasteiger partial charge on any atom is -0.493 e. The zero-order chi connectivity index (χ0) is 24.5. The Labute approximate surface area is 196 Å². The number of hydrogen-bond donors (Lipinski definition) is 4. The first-order valence-corrected chi connectivity index (χ1v) is 11.5. The SMILES string of the molecule is CN(C)CCNC(=O)c1cc(C(N)=O)c(OCCCCCN=CN)cc1OCCCCCN. The van der Waals surface area contributed by atoms with Crippen molar-refractivity contribution in [2.24, 2.45) is 22.2 Å². The number of likely N-dealkylation sites (N-methyl/N-ethyl adjacent to an activating group) is 1. The van der Waals surface area contributed by atoms with Crippen LogP contribution in [0, 0.1) is 0 Å². The van der Waals surface area contributed by atoms with Gasteiger partial charge < -0.3 is 36.9 Å². The molecule has 0 heterocycles. The molecule has 0 atom stereocenters. The van der Waals surface area contributed by atoms with Gasteiger partial charge in [0.05, 0.1) is 30.7 Å². The molecular weight excluding hydrogens is 424 g/mol. The zero-order valence-corrected chi connectivity index (χ0v) is 20.0. The molecule has 0 saturated heterocycles. The van der Waals surface area contributed by atoms with Gasteiger partial charge in [-0.2, -0.15) is 0 Å². The van der Waals surface area contributed by atoms with Gasteiger partial charge in [-0.1, -0.05) is 0 Å². The molecule has 0 bridgehead atoms. The Kier molecular flexibility index (Phi) is 14.3. The summed E-state index contributed by atoms with van der Waals surface area (Å²) in [6, 6.07) is 3.04. The number of nitrogens with zero attached hydrogens (tertiary/aromatic N) is 2. The number of primary amides is 1. The van der Waals surface area contributed by atoms with E-state index < -0.39 is 5.91 Å². The molecule has 10 nitrogen and oxygen atoms in total. The number of amides is 2. The second kappa shape index (κ2) is 16.7. The van der Waals surface area contributed by atoms with E-state index in [9.17, 15) is 9.59 Å². The highest BCUT2D eigenvalue weighted by Crippen LogP contribution is 2.30. The van der Waals surface area contributed by atoms with Crippen molar-refractivity contribution in [2.45, 2.75) is 38.5 Å². The van der Waals surface area contributed by atoms with Crippen molar-refractivity contribution in [3.63, 3.8) is 0 Å². The van der Waals surface area contributed by atoms with E-state index in [4.69, 9.17) is 26.7 Å². The molecule has 10 heteroatoms.